The molecule has 0 bridgehead atoms. The number of piperazine rings is 1. The van der Waals surface area contributed by atoms with Gasteiger partial charge in [0.1, 0.15) is 11.3 Å². The van der Waals surface area contributed by atoms with Crippen LogP contribution in [-0.2, 0) is 4.79 Å². The van der Waals surface area contributed by atoms with Crippen LogP contribution in [0.2, 0.25) is 0 Å². The van der Waals surface area contributed by atoms with Gasteiger partial charge in [-0.2, -0.15) is 4.98 Å². The number of nitrogens with two attached hydrogens (primary N) is 1. The maximum Gasteiger partial charge on any atom is 0.328 e. The van der Waals surface area contributed by atoms with Crippen LogP contribution < -0.4 is 36.0 Å². The number of piperidine rings is 2. The fourth-order valence-electron chi connectivity index (χ4n) is 9.25. The zero-order chi connectivity index (χ0) is 41.5. The molecule has 20 heteroatoms. The van der Waals surface area contributed by atoms with E-state index >= 15 is 4.39 Å². The van der Waals surface area contributed by atoms with E-state index in [9.17, 15) is 19.2 Å². The fraction of sp³-hybridized carbons (Fsp3) is 0.500. The molecule has 5 N–H and O–H groups in total. The summed E-state index contributed by atoms with van der Waals surface area (Å²) in [6.07, 6.45) is 5.68. The number of amides is 6. The molecule has 2 aromatic carbocycles. The van der Waals surface area contributed by atoms with E-state index < -0.39 is 17.8 Å². The van der Waals surface area contributed by atoms with E-state index in [0.29, 0.717) is 80.3 Å². The molecule has 1 atom stereocenters. The summed E-state index contributed by atoms with van der Waals surface area (Å²) >= 11 is 0. The number of carbonyl (C=O) groups excluding carboxylic acids is 4. The predicted octanol–water partition coefficient (Wildman–Crippen LogP) is 2.55. The van der Waals surface area contributed by atoms with Crippen LogP contribution in [0.15, 0.2) is 36.7 Å². The zero-order valence-corrected chi connectivity index (χ0v) is 33.6. The summed E-state index contributed by atoms with van der Waals surface area (Å²) in [5.74, 6) is -0.532. The number of halogens is 1. The molecule has 0 radical (unpaired) electrons. The SMILES string of the molecule is CN1CCN([C@@H]2CCCN(c3nnc(C(N)=O)c(Nc4ccc(N5CCN(CC6CCN(c7ccc(N8CCC(=O)NC8=O)c8nc[nH]c78)CC6)CC5)c(F)c4)n3)C2)C1=O. The summed E-state index contributed by atoms with van der Waals surface area (Å²) in [5, 5.41) is 13.8. The first-order valence-corrected chi connectivity index (χ1v) is 20.8. The molecule has 0 aliphatic carbocycles. The van der Waals surface area contributed by atoms with E-state index in [1.54, 1.807) is 35.3 Å². The second kappa shape index (κ2) is 16.4. The molecule has 5 fully saturated rings. The Labute approximate surface area is 346 Å². The number of fused-ring (bicyclic) bond motifs is 1. The topological polar surface area (TPSA) is 208 Å². The number of hydrogen-bond acceptors (Lipinski definition) is 13. The number of benzene rings is 2. The number of aromatic amines is 1. The Morgan fingerprint density at radius 3 is 2.38 bits per heavy atom. The third kappa shape index (κ3) is 7.78. The first kappa shape index (κ1) is 39.2. The van der Waals surface area contributed by atoms with E-state index in [1.807, 2.05) is 21.9 Å². The van der Waals surface area contributed by atoms with Gasteiger partial charge in [0.2, 0.25) is 11.9 Å². The van der Waals surface area contributed by atoms with E-state index in [0.717, 1.165) is 69.6 Å². The Bertz CT molecular complexity index is 2290. The molecule has 19 nitrogen and oxygen atoms in total. The Morgan fingerprint density at radius 2 is 1.65 bits per heavy atom. The van der Waals surface area contributed by atoms with Gasteiger partial charge in [-0.1, -0.05) is 0 Å². The predicted molar refractivity (Wildman–Crippen MR) is 223 cm³/mol. The van der Waals surface area contributed by atoms with Crippen LogP contribution >= 0.6 is 0 Å². The van der Waals surface area contributed by atoms with Gasteiger partial charge in [-0.15, -0.1) is 10.2 Å². The Balaban J connectivity index is 0.781. The van der Waals surface area contributed by atoms with Crippen LogP contribution in [0, 0.1) is 11.7 Å². The van der Waals surface area contributed by atoms with E-state index in [4.69, 9.17) is 5.73 Å². The van der Waals surface area contributed by atoms with Crippen LogP contribution in [0.1, 0.15) is 42.6 Å². The first-order valence-electron chi connectivity index (χ1n) is 20.8. The molecule has 2 aromatic heterocycles. The second-order valence-corrected chi connectivity index (χ2v) is 16.3. The van der Waals surface area contributed by atoms with Gasteiger partial charge < -0.3 is 40.5 Å². The number of nitrogens with one attached hydrogen (secondary N) is 3. The number of aromatic nitrogens is 5. The van der Waals surface area contributed by atoms with Crippen LogP contribution in [-0.4, -0.2) is 155 Å². The van der Waals surface area contributed by atoms with Gasteiger partial charge >= 0.3 is 12.1 Å². The van der Waals surface area contributed by atoms with Gasteiger partial charge in [0, 0.05) is 97.7 Å². The summed E-state index contributed by atoms with van der Waals surface area (Å²) in [5.41, 5.74) is 9.72. The van der Waals surface area contributed by atoms with Crippen molar-refractivity contribution in [3.05, 3.63) is 48.2 Å². The number of urea groups is 2. The maximum atomic E-state index is 15.8. The molecule has 0 spiro atoms. The minimum Gasteiger partial charge on any atom is -0.370 e. The number of nitrogens with zero attached hydrogens (tertiary/aromatic N) is 11. The molecule has 4 aromatic rings. The Kier molecular flexibility index (Phi) is 10.7. The third-order valence-corrected chi connectivity index (χ3v) is 12.6. The monoisotopic (exact) mass is 823 g/mol. The molecule has 60 heavy (non-hydrogen) atoms. The highest BCUT2D eigenvalue weighted by Gasteiger charge is 2.35. The highest BCUT2D eigenvalue weighted by Crippen LogP contribution is 2.35. The van der Waals surface area contributed by atoms with Gasteiger partial charge in [0.15, 0.2) is 11.5 Å². The summed E-state index contributed by atoms with van der Waals surface area (Å²) < 4.78 is 15.8. The lowest BCUT2D eigenvalue weighted by molar-refractivity contribution is -0.120. The van der Waals surface area contributed by atoms with Crippen molar-refractivity contribution in [2.75, 3.05) is 111 Å². The first-order chi connectivity index (χ1) is 29.1. The number of H-pyrrole nitrogens is 1. The summed E-state index contributed by atoms with van der Waals surface area (Å²) in [7, 11) is 1.80. The standard InChI is InChI=1S/C40H50FN15O4/c1-50-15-20-55(40(50)60)27-3-2-11-54(23-27)38-47-37(35(36(42)58)48-49-38)45-26-4-5-29(28(41)21-26)53-18-16-51(17-19-53)22-25-8-12-52(13-9-25)30-6-7-31(34-33(30)43-24-44-34)56-14-10-32(57)46-39(56)59/h4-7,21,24-25,27H,2-3,8-20,22-23H2,1H3,(H2,42,58)(H,43,44)(H,45,47,49)(H,46,57,59)/t27-/m1/s1. The molecule has 316 valence electrons. The average molecular weight is 824 g/mol. The molecule has 0 saturated carbocycles. The van der Waals surface area contributed by atoms with E-state index in [1.165, 1.54) is 6.07 Å². The van der Waals surface area contributed by atoms with Gasteiger partial charge in [-0.25, -0.2) is 19.0 Å². The highest BCUT2D eigenvalue weighted by molar-refractivity contribution is 6.10. The van der Waals surface area contributed by atoms with Crippen molar-refractivity contribution in [3.63, 3.8) is 0 Å². The minimum absolute atomic E-state index is 0.00825. The van der Waals surface area contributed by atoms with E-state index in [-0.39, 0.29) is 35.9 Å². The maximum absolute atomic E-state index is 15.8. The lowest BCUT2D eigenvalue weighted by Gasteiger charge is -2.40. The number of likely N-dealkylation sites (N-methyl/N-ethyl adjacent to an activating group) is 1. The number of rotatable bonds is 10. The summed E-state index contributed by atoms with van der Waals surface area (Å²) in [4.78, 5) is 75.7. The largest absolute Gasteiger partial charge is 0.370 e. The van der Waals surface area contributed by atoms with Crippen molar-refractivity contribution in [2.45, 2.75) is 38.1 Å². The third-order valence-electron chi connectivity index (χ3n) is 12.6. The fourth-order valence-corrected chi connectivity index (χ4v) is 9.25. The normalized spacial score (nSPS) is 21.0. The van der Waals surface area contributed by atoms with Gasteiger partial charge in [0.05, 0.1) is 34.9 Å². The van der Waals surface area contributed by atoms with Crippen molar-refractivity contribution in [1.29, 1.82) is 0 Å². The molecule has 7 heterocycles. The smallest absolute Gasteiger partial charge is 0.328 e. The number of hydrogen-bond donors (Lipinski definition) is 4. The van der Waals surface area contributed by atoms with Crippen molar-refractivity contribution < 1.29 is 23.6 Å². The van der Waals surface area contributed by atoms with Crippen molar-refractivity contribution in [1.82, 2.24) is 45.2 Å². The number of primary amides is 1. The Morgan fingerprint density at radius 1 is 0.883 bits per heavy atom. The van der Waals surface area contributed by atoms with Gasteiger partial charge in [-0.05, 0) is 61.9 Å². The van der Waals surface area contributed by atoms with Crippen LogP contribution in [0.5, 0.6) is 0 Å². The zero-order valence-electron chi connectivity index (χ0n) is 33.6. The molecule has 5 saturated heterocycles. The van der Waals surface area contributed by atoms with Crippen LogP contribution in [0.25, 0.3) is 11.0 Å². The van der Waals surface area contributed by atoms with E-state index in [2.05, 4.69) is 50.5 Å². The van der Waals surface area contributed by atoms with Crippen molar-refractivity contribution >= 4 is 69.4 Å². The molecule has 0 unspecified atom stereocenters. The Hall–Kier alpha value is -6.31. The number of imidazole rings is 1. The molecule has 9 rings (SSSR count). The number of carbonyl (C=O) groups is 4. The highest BCUT2D eigenvalue weighted by atomic mass is 19.1. The van der Waals surface area contributed by atoms with Gasteiger partial charge in [-0.3, -0.25) is 24.7 Å². The lowest BCUT2D eigenvalue weighted by atomic mass is 9.95. The molecular formula is C40H50FN15O4. The van der Waals surface area contributed by atoms with Crippen LogP contribution in [0.3, 0.4) is 0 Å². The van der Waals surface area contributed by atoms with Gasteiger partial charge in [0.25, 0.3) is 5.91 Å². The quantitative estimate of drug-likeness (QED) is 0.182. The van der Waals surface area contributed by atoms with Crippen LogP contribution in [0.4, 0.5) is 48.5 Å². The lowest BCUT2D eigenvalue weighted by Crippen LogP contribution is -2.49. The number of anilines is 6. The minimum atomic E-state index is -0.806. The molecule has 5 aliphatic rings. The van der Waals surface area contributed by atoms with Crippen molar-refractivity contribution in [3.8, 4) is 0 Å². The summed E-state index contributed by atoms with van der Waals surface area (Å²) in [6, 6.07) is 8.44. The van der Waals surface area contributed by atoms with Crippen molar-refractivity contribution in [2.24, 2.45) is 11.7 Å². The molecule has 5 aliphatic heterocycles. The summed E-state index contributed by atoms with van der Waals surface area (Å²) in [6.45, 7) is 8.68. The second-order valence-electron chi connectivity index (χ2n) is 16.3. The molecule has 6 amide bonds. The number of imide groups is 1. The molecular weight excluding hydrogens is 774 g/mol. The average Bonchev–Trinajstić information content (AvgIpc) is 3.88.